The number of likely N-dealkylation sites (tertiary alicyclic amines) is 1. The second kappa shape index (κ2) is 12.8. The minimum absolute atomic E-state index is 0.0896. The molecular formula is C25H30F2N5O5+. The van der Waals surface area contributed by atoms with Gasteiger partial charge in [-0.15, -0.1) is 0 Å². The zero-order valence-electron chi connectivity index (χ0n) is 20.8. The van der Waals surface area contributed by atoms with Gasteiger partial charge in [-0.3, -0.25) is 10.2 Å². The van der Waals surface area contributed by atoms with Crippen LogP contribution in [0.5, 0.6) is 17.4 Å². The van der Waals surface area contributed by atoms with Gasteiger partial charge in [0.15, 0.2) is 0 Å². The predicted octanol–water partition coefficient (Wildman–Crippen LogP) is 1.66. The first kappa shape index (κ1) is 27.5. The molecule has 2 aromatic rings. The van der Waals surface area contributed by atoms with Crippen LogP contribution in [0.1, 0.15) is 39.6 Å². The van der Waals surface area contributed by atoms with E-state index in [9.17, 15) is 18.4 Å². The summed E-state index contributed by atoms with van der Waals surface area (Å²) in [4.78, 5) is 31.3. The first-order valence-corrected chi connectivity index (χ1v) is 11.6. The van der Waals surface area contributed by atoms with E-state index < -0.39 is 18.6 Å². The normalized spacial score (nSPS) is 13.7. The summed E-state index contributed by atoms with van der Waals surface area (Å²) in [6.07, 6.45) is 4.68. The van der Waals surface area contributed by atoms with Crippen molar-refractivity contribution in [1.29, 1.82) is 0 Å². The van der Waals surface area contributed by atoms with Crippen LogP contribution in [0.15, 0.2) is 42.7 Å². The maximum atomic E-state index is 12.8. The van der Waals surface area contributed by atoms with E-state index in [0.29, 0.717) is 11.1 Å². The highest BCUT2D eigenvalue weighted by Gasteiger charge is 2.23. The van der Waals surface area contributed by atoms with Gasteiger partial charge in [0.25, 0.3) is 11.7 Å². The van der Waals surface area contributed by atoms with Gasteiger partial charge in [-0.2, -0.15) is 8.78 Å². The summed E-state index contributed by atoms with van der Waals surface area (Å²) >= 11 is 0. The highest BCUT2D eigenvalue weighted by Crippen LogP contribution is 2.29. The Labute approximate surface area is 213 Å². The number of hydrogen-bond acceptors (Lipinski definition) is 7. The van der Waals surface area contributed by atoms with Gasteiger partial charge >= 0.3 is 12.5 Å². The number of alkyl halides is 2. The first-order chi connectivity index (χ1) is 17.7. The number of benzene rings is 1. The largest absolute Gasteiger partial charge is 0.488 e. The lowest BCUT2D eigenvalue weighted by Gasteiger charge is -2.30. The summed E-state index contributed by atoms with van der Waals surface area (Å²) in [5.74, 6) is 0.0488. The van der Waals surface area contributed by atoms with Crippen LogP contribution in [-0.2, 0) is 4.74 Å². The van der Waals surface area contributed by atoms with Crippen LogP contribution in [0.2, 0.25) is 0 Å². The summed E-state index contributed by atoms with van der Waals surface area (Å²) in [5, 5.41) is 11.1. The highest BCUT2D eigenvalue weighted by atomic mass is 19.3. The Morgan fingerprint density at radius 1 is 1.19 bits per heavy atom. The number of nitrogens with two attached hydrogens (primary N) is 1. The molecule has 0 spiro atoms. The SMILES string of the molecule is CN/C=C\C(=[NH2+])NC(=O)c1cc(Oc2ncc(C(=O)N3CCC3)cc2C)cc(O[C@@H](C)COC(F)F)c1. The molecule has 0 radical (unpaired) electrons. The lowest BCUT2D eigenvalue weighted by molar-refractivity contribution is -0.142. The topological polar surface area (TPSA) is 128 Å². The van der Waals surface area contributed by atoms with E-state index in [2.05, 4.69) is 20.4 Å². The molecule has 1 saturated heterocycles. The molecular weight excluding hydrogens is 488 g/mol. The van der Waals surface area contributed by atoms with Crippen molar-refractivity contribution in [1.82, 2.24) is 20.5 Å². The summed E-state index contributed by atoms with van der Waals surface area (Å²) in [6, 6.07) is 6.05. The van der Waals surface area contributed by atoms with Gasteiger partial charge < -0.3 is 24.4 Å². The maximum Gasteiger partial charge on any atom is 0.345 e. The maximum absolute atomic E-state index is 12.8. The molecule has 1 aliphatic heterocycles. The van der Waals surface area contributed by atoms with E-state index in [1.54, 1.807) is 38.1 Å². The molecule has 198 valence electrons. The van der Waals surface area contributed by atoms with Gasteiger partial charge in [-0.1, -0.05) is 0 Å². The summed E-state index contributed by atoms with van der Waals surface area (Å²) in [6.45, 7) is 1.44. The number of amides is 2. The molecule has 1 aromatic carbocycles. The minimum atomic E-state index is -2.93. The van der Waals surface area contributed by atoms with Gasteiger partial charge in [0.05, 0.1) is 17.7 Å². The molecule has 1 aliphatic rings. The molecule has 0 aliphatic carbocycles. The zero-order valence-corrected chi connectivity index (χ0v) is 20.8. The molecule has 12 heteroatoms. The highest BCUT2D eigenvalue weighted by molar-refractivity contribution is 6.08. The molecule has 10 nitrogen and oxygen atoms in total. The van der Waals surface area contributed by atoms with E-state index in [-0.39, 0.29) is 41.3 Å². The number of carbonyl (C=O) groups excluding carboxylic acids is 2. The molecule has 0 saturated carbocycles. The molecule has 1 fully saturated rings. The molecule has 3 rings (SSSR count). The molecule has 0 unspecified atom stereocenters. The van der Waals surface area contributed by atoms with E-state index in [4.69, 9.17) is 14.9 Å². The minimum Gasteiger partial charge on any atom is -0.488 e. The van der Waals surface area contributed by atoms with Crippen molar-refractivity contribution in [3.63, 3.8) is 0 Å². The number of aromatic nitrogens is 1. The fourth-order valence-electron chi connectivity index (χ4n) is 3.32. The van der Waals surface area contributed by atoms with Crippen molar-refractivity contribution in [2.75, 3.05) is 26.7 Å². The quantitative estimate of drug-likeness (QED) is 0.305. The number of pyridine rings is 1. The van der Waals surface area contributed by atoms with Gasteiger partial charge in [0, 0.05) is 50.2 Å². The second-order valence-electron chi connectivity index (χ2n) is 8.34. The Hall–Kier alpha value is -4.06. The molecule has 0 bridgehead atoms. The van der Waals surface area contributed by atoms with Crippen LogP contribution in [0, 0.1) is 6.92 Å². The van der Waals surface area contributed by atoms with Gasteiger partial charge in [-0.25, -0.2) is 15.1 Å². The third kappa shape index (κ3) is 7.97. The monoisotopic (exact) mass is 518 g/mol. The van der Waals surface area contributed by atoms with Crippen LogP contribution in [0.4, 0.5) is 8.78 Å². The van der Waals surface area contributed by atoms with Gasteiger partial charge in [0.2, 0.25) is 5.88 Å². The number of aryl methyl sites for hydroxylation is 1. The van der Waals surface area contributed by atoms with Crippen molar-refractivity contribution >= 4 is 17.6 Å². The summed E-state index contributed by atoms with van der Waals surface area (Å²) in [5.41, 5.74) is 1.20. The van der Waals surface area contributed by atoms with E-state index >= 15 is 0 Å². The van der Waals surface area contributed by atoms with Crippen molar-refractivity contribution in [2.45, 2.75) is 33.0 Å². The number of ether oxygens (including phenoxy) is 3. The standard InChI is InChI=1S/C25H29F2N5O5/c1-15-9-18(24(34)32-7-4-8-32)13-30-23(15)37-20-11-17(22(33)31-21(28)5-6-29-3)10-19(12-20)36-16(2)14-35-25(26)27/h5-6,9-13,16,25,29H,4,7-8,14H2,1-3H3,(H2,28,31,33)/p+1/b6-5-/t16-/m0/s1. The second-order valence-corrected chi connectivity index (χ2v) is 8.34. The number of amidine groups is 1. The van der Waals surface area contributed by atoms with Gasteiger partial charge in [0.1, 0.15) is 17.6 Å². The first-order valence-electron chi connectivity index (χ1n) is 11.6. The van der Waals surface area contributed by atoms with Crippen LogP contribution in [-0.4, -0.2) is 67.0 Å². The third-order valence-corrected chi connectivity index (χ3v) is 5.26. The predicted molar refractivity (Wildman–Crippen MR) is 131 cm³/mol. The Bertz CT molecular complexity index is 1170. The van der Waals surface area contributed by atoms with E-state index in [1.807, 2.05) is 0 Å². The number of halogens is 2. The van der Waals surface area contributed by atoms with E-state index in [1.165, 1.54) is 30.5 Å². The Morgan fingerprint density at radius 2 is 1.92 bits per heavy atom. The van der Waals surface area contributed by atoms with Crippen LogP contribution >= 0.6 is 0 Å². The lowest BCUT2D eigenvalue weighted by atomic mass is 10.1. The molecule has 1 aromatic heterocycles. The molecule has 37 heavy (non-hydrogen) atoms. The van der Waals surface area contributed by atoms with E-state index in [0.717, 1.165) is 19.5 Å². The third-order valence-electron chi connectivity index (χ3n) is 5.26. The van der Waals surface area contributed by atoms with Crippen molar-refractivity contribution < 1.29 is 38.0 Å². The van der Waals surface area contributed by atoms with Crippen LogP contribution < -0.4 is 25.5 Å². The summed E-state index contributed by atoms with van der Waals surface area (Å²) < 4.78 is 40.7. The number of rotatable bonds is 11. The summed E-state index contributed by atoms with van der Waals surface area (Å²) in [7, 11) is 1.68. The smallest absolute Gasteiger partial charge is 0.345 e. The molecule has 2 heterocycles. The average Bonchev–Trinajstić information content (AvgIpc) is 2.81. The van der Waals surface area contributed by atoms with Crippen molar-refractivity contribution in [2.24, 2.45) is 0 Å². The molecule has 2 amide bonds. The molecule has 4 N–H and O–H groups in total. The Balaban J connectivity index is 1.83. The number of hydrogen-bond donors (Lipinski definition) is 3. The number of nitrogens with zero attached hydrogens (tertiary/aromatic N) is 2. The zero-order chi connectivity index (χ0) is 26.9. The number of carbonyl (C=O) groups is 2. The molecule has 1 atom stereocenters. The average molecular weight is 519 g/mol. The van der Waals surface area contributed by atoms with Gasteiger partial charge in [-0.05, 0) is 38.5 Å². The fraction of sp³-hybridized carbons (Fsp3) is 0.360. The van der Waals surface area contributed by atoms with Crippen molar-refractivity contribution in [3.8, 4) is 17.4 Å². The Kier molecular flexibility index (Phi) is 9.50. The van der Waals surface area contributed by atoms with Crippen LogP contribution in [0.25, 0.3) is 0 Å². The van der Waals surface area contributed by atoms with Crippen LogP contribution in [0.3, 0.4) is 0 Å². The Morgan fingerprint density at radius 3 is 2.54 bits per heavy atom. The van der Waals surface area contributed by atoms with Crippen molar-refractivity contribution in [3.05, 3.63) is 59.4 Å². The lowest BCUT2D eigenvalue weighted by Crippen LogP contribution is -2.49. The fourth-order valence-corrected chi connectivity index (χ4v) is 3.32. The number of nitrogens with one attached hydrogen (secondary N) is 2.